The van der Waals surface area contributed by atoms with E-state index in [2.05, 4.69) is 44.7 Å². The summed E-state index contributed by atoms with van der Waals surface area (Å²) in [5, 5.41) is 9.74. The van der Waals surface area contributed by atoms with Crippen molar-refractivity contribution in [2.75, 3.05) is 13.1 Å². The van der Waals surface area contributed by atoms with Gasteiger partial charge in [0.25, 0.3) is 0 Å². The number of rotatable bonds is 3. The van der Waals surface area contributed by atoms with Crippen molar-refractivity contribution in [3.05, 3.63) is 34.4 Å². The summed E-state index contributed by atoms with van der Waals surface area (Å²) in [5.74, 6) is 0.0367. The maximum absolute atomic E-state index is 11.8. The molecule has 3 atom stereocenters. The molecule has 1 fully saturated rings. The van der Waals surface area contributed by atoms with E-state index in [0.29, 0.717) is 12.0 Å². The number of hydrogen-bond acceptors (Lipinski definition) is 2. The van der Waals surface area contributed by atoms with Crippen LogP contribution in [0.4, 0.5) is 0 Å². The van der Waals surface area contributed by atoms with Crippen LogP contribution in [0.15, 0.2) is 12.1 Å². The number of fused-ring (bicyclic) bond motifs is 3. The number of carboxylic acids is 1. The second-order valence-electron chi connectivity index (χ2n) is 7.97. The van der Waals surface area contributed by atoms with Crippen molar-refractivity contribution in [1.29, 1.82) is 0 Å². The third kappa shape index (κ3) is 3.16. The van der Waals surface area contributed by atoms with Gasteiger partial charge in [0.2, 0.25) is 0 Å². The van der Waals surface area contributed by atoms with Gasteiger partial charge in [-0.15, -0.1) is 0 Å². The monoisotopic (exact) mass is 315 g/mol. The SMILES string of the molecule is Cc1cc2c(cc1C)[C@H]1C[C@@H](C(=O)O)[C@H](CC(C)C)CN1CC2. The zero-order chi connectivity index (χ0) is 16.7. The lowest BCUT2D eigenvalue weighted by Gasteiger charge is -2.46. The van der Waals surface area contributed by atoms with Crippen molar-refractivity contribution in [1.82, 2.24) is 4.90 Å². The average molecular weight is 315 g/mol. The van der Waals surface area contributed by atoms with Crippen molar-refractivity contribution < 1.29 is 9.90 Å². The largest absolute Gasteiger partial charge is 0.481 e. The molecule has 1 N–H and O–H groups in total. The minimum Gasteiger partial charge on any atom is -0.481 e. The summed E-state index contributed by atoms with van der Waals surface area (Å²) in [6, 6.07) is 4.92. The number of carboxylic acid groups (broad SMARTS) is 1. The number of nitrogens with zero attached hydrogens (tertiary/aromatic N) is 1. The molecule has 0 aromatic heterocycles. The summed E-state index contributed by atoms with van der Waals surface area (Å²) in [5.41, 5.74) is 5.48. The normalized spacial score (nSPS) is 27.6. The van der Waals surface area contributed by atoms with Crippen LogP contribution in [0.3, 0.4) is 0 Å². The molecule has 0 radical (unpaired) electrons. The molecule has 0 bridgehead atoms. The molecule has 1 aromatic rings. The van der Waals surface area contributed by atoms with Gasteiger partial charge < -0.3 is 5.11 Å². The topological polar surface area (TPSA) is 40.5 Å². The predicted octanol–water partition coefficient (Wildman–Crippen LogP) is 3.97. The minimum absolute atomic E-state index is 0.203. The summed E-state index contributed by atoms with van der Waals surface area (Å²) in [7, 11) is 0. The first-order valence-corrected chi connectivity index (χ1v) is 8.93. The van der Waals surface area contributed by atoms with Crippen molar-refractivity contribution in [2.24, 2.45) is 17.8 Å². The first kappa shape index (κ1) is 16.5. The molecule has 0 spiro atoms. The highest BCUT2D eigenvalue weighted by Gasteiger charge is 2.41. The molecule has 0 amide bonds. The zero-order valence-electron chi connectivity index (χ0n) is 14.8. The lowest BCUT2D eigenvalue weighted by Crippen LogP contribution is -2.48. The fourth-order valence-corrected chi connectivity index (χ4v) is 4.54. The molecule has 23 heavy (non-hydrogen) atoms. The summed E-state index contributed by atoms with van der Waals surface area (Å²) in [6.07, 6.45) is 2.88. The van der Waals surface area contributed by atoms with Crippen molar-refractivity contribution >= 4 is 5.97 Å². The molecule has 3 heteroatoms. The van der Waals surface area contributed by atoms with Gasteiger partial charge in [0.15, 0.2) is 0 Å². The molecule has 1 aromatic carbocycles. The quantitative estimate of drug-likeness (QED) is 0.917. The van der Waals surface area contributed by atoms with Crippen LogP contribution >= 0.6 is 0 Å². The minimum atomic E-state index is -0.605. The third-order valence-electron chi connectivity index (χ3n) is 5.83. The lowest BCUT2D eigenvalue weighted by molar-refractivity contribution is -0.147. The molecule has 2 aliphatic heterocycles. The molecule has 1 saturated heterocycles. The predicted molar refractivity (Wildman–Crippen MR) is 92.6 cm³/mol. The molecule has 2 aliphatic rings. The van der Waals surface area contributed by atoms with Crippen molar-refractivity contribution in [3.8, 4) is 0 Å². The number of aryl methyl sites for hydroxylation is 2. The summed E-state index contributed by atoms with van der Waals surface area (Å²) >= 11 is 0. The number of hydrogen-bond donors (Lipinski definition) is 1. The van der Waals surface area contributed by atoms with E-state index in [1.807, 2.05) is 0 Å². The number of carbonyl (C=O) groups is 1. The van der Waals surface area contributed by atoms with E-state index in [1.54, 1.807) is 0 Å². The van der Waals surface area contributed by atoms with Gasteiger partial charge in [0, 0.05) is 19.1 Å². The van der Waals surface area contributed by atoms with Gasteiger partial charge in [-0.1, -0.05) is 26.0 Å². The Morgan fingerprint density at radius 2 is 2.00 bits per heavy atom. The van der Waals surface area contributed by atoms with Crippen LogP contribution in [-0.4, -0.2) is 29.1 Å². The van der Waals surface area contributed by atoms with Crippen LogP contribution in [0.5, 0.6) is 0 Å². The molecular weight excluding hydrogens is 286 g/mol. The summed E-state index contributed by atoms with van der Waals surface area (Å²) < 4.78 is 0. The maximum Gasteiger partial charge on any atom is 0.306 e. The maximum atomic E-state index is 11.8. The molecule has 2 heterocycles. The van der Waals surface area contributed by atoms with Gasteiger partial charge in [0.05, 0.1) is 5.92 Å². The smallest absolute Gasteiger partial charge is 0.306 e. The average Bonchev–Trinajstić information content (AvgIpc) is 2.47. The standard InChI is InChI=1S/C20H29NO2/c1-12(2)7-16-11-21-6-5-15-8-13(3)14(4)9-17(15)19(21)10-18(16)20(22)23/h8-9,12,16,18-19H,5-7,10-11H2,1-4H3,(H,22,23)/t16-,18-,19-/m1/s1. The highest BCUT2D eigenvalue weighted by Crippen LogP contribution is 2.43. The van der Waals surface area contributed by atoms with Crippen LogP contribution in [0, 0.1) is 31.6 Å². The Bertz CT molecular complexity index is 608. The fraction of sp³-hybridized carbons (Fsp3) is 0.650. The van der Waals surface area contributed by atoms with Gasteiger partial charge in [-0.05, 0) is 67.2 Å². The number of aliphatic carboxylic acids is 1. The Morgan fingerprint density at radius 1 is 1.30 bits per heavy atom. The Morgan fingerprint density at radius 3 is 2.65 bits per heavy atom. The molecule has 126 valence electrons. The zero-order valence-corrected chi connectivity index (χ0v) is 14.8. The van der Waals surface area contributed by atoms with Crippen molar-refractivity contribution in [3.63, 3.8) is 0 Å². The van der Waals surface area contributed by atoms with Crippen LogP contribution in [0.25, 0.3) is 0 Å². The highest BCUT2D eigenvalue weighted by atomic mass is 16.4. The molecule has 3 nitrogen and oxygen atoms in total. The van der Waals surface area contributed by atoms with Gasteiger partial charge >= 0.3 is 5.97 Å². The van der Waals surface area contributed by atoms with Gasteiger partial charge in [0.1, 0.15) is 0 Å². The Kier molecular flexibility index (Phi) is 4.50. The number of benzene rings is 1. The van der Waals surface area contributed by atoms with Gasteiger partial charge in [-0.25, -0.2) is 0 Å². The highest BCUT2D eigenvalue weighted by molar-refractivity contribution is 5.70. The number of piperidine rings is 1. The molecular formula is C20H29NO2. The van der Waals surface area contributed by atoms with E-state index in [4.69, 9.17) is 0 Å². The third-order valence-corrected chi connectivity index (χ3v) is 5.83. The van der Waals surface area contributed by atoms with Crippen LogP contribution in [0.2, 0.25) is 0 Å². The second-order valence-corrected chi connectivity index (χ2v) is 7.97. The van der Waals surface area contributed by atoms with E-state index in [0.717, 1.165) is 32.4 Å². The lowest BCUT2D eigenvalue weighted by atomic mass is 9.74. The van der Waals surface area contributed by atoms with Crippen molar-refractivity contribution in [2.45, 2.75) is 53.0 Å². The Hall–Kier alpha value is -1.35. The summed E-state index contributed by atoms with van der Waals surface area (Å²) in [6.45, 7) is 10.7. The van der Waals surface area contributed by atoms with Crippen LogP contribution in [0.1, 0.15) is 55.0 Å². The van der Waals surface area contributed by atoms with Gasteiger partial charge in [-0.3, -0.25) is 9.69 Å². The van der Waals surface area contributed by atoms with Crippen LogP contribution < -0.4 is 0 Å². The fourth-order valence-electron chi connectivity index (χ4n) is 4.54. The molecule has 3 rings (SSSR count). The molecule has 0 unspecified atom stereocenters. The van der Waals surface area contributed by atoms with E-state index >= 15 is 0 Å². The molecule has 0 aliphatic carbocycles. The Balaban J connectivity index is 1.91. The van der Waals surface area contributed by atoms with Crippen LogP contribution in [-0.2, 0) is 11.2 Å². The van der Waals surface area contributed by atoms with Gasteiger partial charge in [-0.2, -0.15) is 0 Å². The van der Waals surface area contributed by atoms with E-state index < -0.39 is 5.97 Å². The van der Waals surface area contributed by atoms with E-state index in [9.17, 15) is 9.90 Å². The van der Waals surface area contributed by atoms with E-state index in [1.165, 1.54) is 22.3 Å². The summed E-state index contributed by atoms with van der Waals surface area (Å²) in [4.78, 5) is 14.4. The second kappa shape index (κ2) is 6.27. The first-order chi connectivity index (χ1) is 10.9. The molecule has 0 saturated carbocycles. The van der Waals surface area contributed by atoms with E-state index in [-0.39, 0.29) is 11.8 Å². The Labute approximate surface area is 139 Å². The first-order valence-electron chi connectivity index (χ1n) is 8.93.